The zero-order chi connectivity index (χ0) is 10.2. The van der Waals surface area contributed by atoms with Crippen LogP contribution in [0, 0.1) is 10.1 Å². The van der Waals surface area contributed by atoms with E-state index in [-0.39, 0.29) is 0 Å². The number of nitrogens with one attached hydrogen (secondary N) is 1. The zero-order valence-electron chi connectivity index (χ0n) is 5.85. The molecule has 0 bridgehead atoms. The number of nitro groups is 1. The van der Waals surface area contributed by atoms with E-state index in [2.05, 4.69) is 0 Å². The van der Waals surface area contributed by atoms with E-state index in [1.54, 1.807) is 4.98 Å². The molecule has 13 heavy (non-hydrogen) atoms. The van der Waals surface area contributed by atoms with Crippen LogP contribution in [0.5, 0.6) is 0 Å². The minimum atomic E-state index is -4.68. The Morgan fingerprint density at radius 3 is 2.31 bits per heavy atom. The third-order valence-corrected chi connectivity index (χ3v) is 1.56. The number of halogens is 4. The second kappa shape index (κ2) is 2.91. The highest BCUT2D eigenvalue weighted by molar-refractivity contribution is 6.30. The first-order chi connectivity index (χ1) is 5.82. The highest BCUT2D eigenvalue weighted by atomic mass is 35.5. The lowest BCUT2D eigenvalue weighted by atomic mass is 10.3. The van der Waals surface area contributed by atoms with Crippen LogP contribution in [-0.2, 0) is 6.18 Å². The van der Waals surface area contributed by atoms with E-state index < -0.39 is 27.6 Å². The first kappa shape index (κ1) is 9.85. The van der Waals surface area contributed by atoms with Crippen LogP contribution in [0.15, 0.2) is 6.07 Å². The van der Waals surface area contributed by atoms with Crippen LogP contribution in [0.25, 0.3) is 0 Å². The van der Waals surface area contributed by atoms with Crippen molar-refractivity contribution in [3.05, 3.63) is 26.9 Å². The molecule has 0 aliphatic carbocycles. The lowest BCUT2D eigenvalue weighted by molar-refractivity contribution is -0.389. The van der Waals surface area contributed by atoms with Crippen molar-refractivity contribution in [2.75, 3.05) is 0 Å². The van der Waals surface area contributed by atoms with Crippen molar-refractivity contribution in [1.82, 2.24) is 4.98 Å². The van der Waals surface area contributed by atoms with Crippen molar-refractivity contribution in [2.45, 2.75) is 6.18 Å². The number of aromatic amines is 1. The van der Waals surface area contributed by atoms with E-state index in [0.29, 0.717) is 6.07 Å². The summed E-state index contributed by atoms with van der Waals surface area (Å²) in [5.41, 5.74) is -1.24. The summed E-state index contributed by atoms with van der Waals surface area (Å²) in [6, 6.07) is 0.350. The van der Waals surface area contributed by atoms with Gasteiger partial charge in [0.1, 0.15) is 5.56 Å². The van der Waals surface area contributed by atoms with Crippen LogP contribution in [0.2, 0.25) is 5.15 Å². The van der Waals surface area contributed by atoms with Crippen LogP contribution in [0.3, 0.4) is 0 Å². The molecule has 0 unspecified atom stereocenters. The molecule has 72 valence electrons. The Morgan fingerprint density at radius 2 is 2.08 bits per heavy atom. The largest absolute Gasteiger partial charge is 0.421 e. The average molecular weight is 215 g/mol. The van der Waals surface area contributed by atoms with Crippen LogP contribution in [0.1, 0.15) is 5.56 Å². The molecule has 0 aliphatic heterocycles. The number of aromatic nitrogens is 1. The van der Waals surface area contributed by atoms with Gasteiger partial charge in [-0.15, -0.1) is 0 Å². The smallest absolute Gasteiger partial charge is 0.358 e. The molecule has 0 fully saturated rings. The zero-order valence-corrected chi connectivity index (χ0v) is 6.61. The van der Waals surface area contributed by atoms with Gasteiger partial charge in [0.25, 0.3) is 0 Å². The maximum absolute atomic E-state index is 12.0. The molecule has 1 aromatic heterocycles. The van der Waals surface area contributed by atoms with Gasteiger partial charge in [0.15, 0.2) is 0 Å². The van der Waals surface area contributed by atoms with Crippen molar-refractivity contribution in [3.8, 4) is 0 Å². The summed E-state index contributed by atoms with van der Waals surface area (Å²) in [6.45, 7) is 0. The quantitative estimate of drug-likeness (QED) is 0.577. The van der Waals surface area contributed by atoms with Gasteiger partial charge in [0, 0.05) is 6.07 Å². The molecule has 1 heterocycles. The van der Waals surface area contributed by atoms with E-state index in [0.717, 1.165) is 0 Å². The fraction of sp³-hybridized carbons (Fsp3) is 0.200. The van der Waals surface area contributed by atoms with E-state index in [1.165, 1.54) is 0 Å². The molecule has 0 saturated heterocycles. The van der Waals surface area contributed by atoms with Gasteiger partial charge in [0.05, 0.1) is 0 Å². The monoisotopic (exact) mass is 214 g/mol. The minimum Gasteiger partial charge on any atom is -0.358 e. The lowest BCUT2D eigenvalue weighted by Crippen LogP contribution is -2.03. The molecular formula is C5H2ClF3N2O2. The highest BCUT2D eigenvalue weighted by Crippen LogP contribution is 2.36. The molecule has 1 N–H and O–H groups in total. The Labute approximate surface area is 74.5 Å². The summed E-state index contributed by atoms with van der Waals surface area (Å²) < 4.78 is 36.0. The Hall–Kier alpha value is -1.24. The molecule has 0 amide bonds. The fourth-order valence-corrected chi connectivity index (χ4v) is 0.979. The van der Waals surface area contributed by atoms with Crippen molar-refractivity contribution < 1.29 is 18.1 Å². The minimum absolute atomic E-state index is 0.350. The van der Waals surface area contributed by atoms with Crippen LogP contribution < -0.4 is 0 Å². The molecule has 8 heteroatoms. The third-order valence-electron chi connectivity index (χ3n) is 1.26. The first-order valence-electron chi connectivity index (χ1n) is 2.92. The maximum Gasteiger partial charge on any atom is 0.421 e. The summed E-state index contributed by atoms with van der Waals surface area (Å²) >= 11 is 5.09. The van der Waals surface area contributed by atoms with Gasteiger partial charge < -0.3 is 10.1 Å². The summed E-state index contributed by atoms with van der Waals surface area (Å²) in [5, 5.41) is 9.26. The summed E-state index contributed by atoms with van der Waals surface area (Å²) in [7, 11) is 0. The molecule has 1 rings (SSSR count). The number of H-pyrrole nitrogens is 1. The molecule has 0 radical (unpaired) electrons. The van der Waals surface area contributed by atoms with Crippen molar-refractivity contribution in [1.29, 1.82) is 0 Å². The maximum atomic E-state index is 12.0. The summed E-state index contributed by atoms with van der Waals surface area (Å²) in [4.78, 5) is 10.9. The lowest BCUT2D eigenvalue weighted by Gasteiger charge is -2.00. The summed E-state index contributed by atoms with van der Waals surface area (Å²) in [6.07, 6.45) is -4.68. The first-order valence-corrected chi connectivity index (χ1v) is 3.30. The Morgan fingerprint density at radius 1 is 1.54 bits per heavy atom. The van der Waals surface area contributed by atoms with Gasteiger partial charge in [-0.2, -0.15) is 13.2 Å². The second-order valence-electron chi connectivity index (χ2n) is 2.14. The van der Waals surface area contributed by atoms with Crippen molar-refractivity contribution in [2.24, 2.45) is 0 Å². The van der Waals surface area contributed by atoms with Crippen molar-refractivity contribution in [3.63, 3.8) is 0 Å². The van der Waals surface area contributed by atoms with Gasteiger partial charge in [-0.3, -0.25) is 0 Å². The Bertz CT molecular complexity index is 346. The van der Waals surface area contributed by atoms with E-state index in [4.69, 9.17) is 11.6 Å². The number of alkyl halides is 3. The number of nitrogens with zero attached hydrogens (tertiary/aromatic N) is 1. The number of hydrogen-bond donors (Lipinski definition) is 1. The van der Waals surface area contributed by atoms with Crippen LogP contribution >= 0.6 is 11.6 Å². The van der Waals surface area contributed by atoms with Gasteiger partial charge in [-0.25, -0.2) is 4.98 Å². The number of hydrogen-bond acceptors (Lipinski definition) is 2. The van der Waals surface area contributed by atoms with Gasteiger partial charge in [-0.05, 0) is 16.5 Å². The SMILES string of the molecule is O=[N+]([O-])c1cc(C(F)(F)F)c(Cl)[nH]1. The molecule has 0 atom stereocenters. The third kappa shape index (κ3) is 1.92. The topological polar surface area (TPSA) is 58.9 Å². The Kier molecular flexibility index (Phi) is 2.21. The molecule has 0 aliphatic rings. The van der Waals surface area contributed by atoms with Gasteiger partial charge in [0.2, 0.25) is 5.15 Å². The number of rotatable bonds is 1. The predicted molar refractivity (Wildman–Crippen MR) is 37.5 cm³/mol. The standard InChI is InChI=1S/C5H2ClF3N2O2/c6-4-2(5(7,8)9)1-3(10-4)11(12)13/h1,10H. The average Bonchev–Trinajstić information content (AvgIpc) is 2.29. The van der Waals surface area contributed by atoms with Crippen LogP contribution in [0.4, 0.5) is 19.0 Å². The second-order valence-corrected chi connectivity index (χ2v) is 2.52. The predicted octanol–water partition coefficient (Wildman–Crippen LogP) is 2.60. The molecular weight excluding hydrogens is 213 g/mol. The molecule has 0 aromatic carbocycles. The van der Waals surface area contributed by atoms with E-state index in [9.17, 15) is 23.3 Å². The summed E-state index contributed by atoms with van der Waals surface area (Å²) in [5.74, 6) is -0.780. The fourth-order valence-electron chi connectivity index (χ4n) is 0.721. The molecule has 1 aromatic rings. The molecule has 4 nitrogen and oxygen atoms in total. The van der Waals surface area contributed by atoms with Crippen molar-refractivity contribution >= 4 is 17.4 Å². The van der Waals surface area contributed by atoms with E-state index >= 15 is 0 Å². The van der Waals surface area contributed by atoms with Gasteiger partial charge in [-0.1, -0.05) is 0 Å². The highest BCUT2D eigenvalue weighted by Gasteiger charge is 2.37. The van der Waals surface area contributed by atoms with E-state index in [1.807, 2.05) is 0 Å². The Balaban J connectivity index is 3.18. The van der Waals surface area contributed by atoms with Crippen LogP contribution in [-0.4, -0.2) is 9.91 Å². The molecule has 0 saturated carbocycles. The normalized spacial score (nSPS) is 11.7. The molecule has 0 spiro atoms. The van der Waals surface area contributed by atoms with Gasteiger partial charge >= 0.3 is 12.0 Å².